The zero-order valence-corrected chi connectivity index (χ0v) is 21.0. The molecule has 0 radical (unpaired) electrons. The molecule has 0 bridgehead atoms. The van der Waals surface area contributed by atoms with Crippen molar-refractivity contribution in [3.05, 3.63) is 59.0 Å². The summed E-state index contributed by atoms with van der Waals surface area (Å²) in [6.45, 7) is 3.24. The van der Waals surface area contributed by atoms with Crippen molar-refractivity contribution < 1.29 is 32.2 Å². The van der Waals surface area contributed by atoms with E-state index in [4.69, 9.17) is 9.47 Å². The summed E-state index contributed by atoms with van der Waals surface area (Å²) in [5, 5.41) is 0. The maximum absolute atomic E-state index is 14.4. The van der Waals surface area contributed by atoms with Crippen molar-refractivity contribution in [2.45, 2.75) is 38.5 Å². The van der Waals surface area contributed by atoms with Crippen LogP contribution in [0, 0.1) is 6.92 Å². The predicted molar refractivity (Wildman–Crippen MR) is 134 cm³/mol. The third kappa shape index (κ3) is 4.87. The number of amides is 1. The minimum atomic E-state index is -4.66. The molecule has 2 saturated heterocycles. The fourth-order valence-electron chi connectivity index (χ4n) is 5.17. The molecule has 8 nitrogen and oxygen atoms in total. The molecule has 4 heterocycles. The van der Waals surface area contributed by atoms with Crippen LogP contribution >= 0.6 is 0 Å². The van der Waals surface area contributed by atoms with Gasteiger partial charge in [0.25, 0.3) is 0 Å². The number of aromatic nitrogens is 2. The smallest absolute Gasteiger partial charge is 0.417 e. The number of methoxy groups -OCH3 is 1. The van der Waals surface area contributed by atoms with Crippen molar-refractivity contribution in [1.29, 1.82) is 0 Å². The molecule has 0 N–H and O–H groups in total. The molecule has 1 aromatic carbocycles. The van der Waals surface area contributed by atoms with Crippen LogP contribution in [-0.2, 0) is 26.9 Å². The second-order valence-corrected chi connectivity index (χ2v) is 9.48. The summed E-state index contributed by atoms with van der Waals surface area (Å²) < 4.78 is 55.8. The number of hydrogen-bond donors (Lipinski definition) is 0. The van der Waals surface area contributed by atoms with E-state index in [-0.39, 0.29) is 30.8 Å². The van der Waals surface area contributed by atoms with Crippen molar-refractivity contribution in [2.75, 3.05) is 38.3 Å². The molecular formula is C27H27F3N4O4. The second kappa shape index (κ2) is 10.2. The van der Waals surface area contributed by atoms with Crippen LogP contribution in [0.3, 0.4) is 0 Å². The molecule has 1 atom stereocenters. The Hall–Kier alpha value is -3.82. The number of aryl methyl sites for hydroxylation is 1. The van der Waals surface area contributed by atoms with Gasteiger partial charge in [-0.05, 0) is 43.2 Å². The number of anilines is 1. The first-order valence-corrected chi connectivity index (χ1v) is 12.3. The maximum Gasteiger partial charge on any atom is 0.417 e. The topological polar surface area (TPSA) is 76.4 Å². The molecule has 0 saturated carbocycles. The summed E-state index contributed by atoms with van der Waals surface area (Å²) >= 11 is 0. The Morgan fingerprint density at radius 3 is 2.79 bits per heavy atom. The van der Waals surface area contributed by atoms with Gasteiger partial charge in [-0.25, -0.2) is 14.6 Å². The highest BCUT2D eigenvalue weighted by Crippen LogP contribution is 2.41. The van der Waals surface area contributed by atoms with Crippen molar-refractivity contribution >= 4 is 23.4 Å². The first kappa shape index (κ1) is 25.8. The Morgan fingerprint density at radius 1 is 1.24 bits per heavy atom. The van der Waals surface area contributed by atoms with Crippen LogP contribution in [0.15, 0.2) is 42.2 Å². The van der Waals surface area contributed by atoms with Crippen LogP contribution in [0.25, 0.3) is 16.9 Å². The Morgan fingerprint density at radius 2 is 2.05 bits per heavy atom. The number of hydrogen-bond acceptors (Lipinski definition) is 6. The molecule has 3 aromatic rings. The molecule has 2 fully saturated rings. The summed E-state index contributed by atoms with van der Waals surface area (Å²) in [7, 11) is 1.30. The maximum atomic E-state index is 14.4. The molecule has 5 rings (SSSR count). The molecule has 0 spiro atoms. The van der Waals surface area contributed by atoms with Crippen molar-refractivity contribution in [3.8, 4) is 11.3 Å². The Balaban J connectivity index is 1.61. The van der Waals surface area contributed by atoms with E-state index in [2.05, 4.69) is 4.98 Å². The number of pyridine rings is 1. The molecule has 38 heavy (non-hydrogen) atoms. The molecule has 11 heteroatoms. The lowest BCUT2D eigenvalue weighted by Crippen LogP contribution is -2.46. The number of carbonyl (C=O) groups excluding carboxylic acids is 2. The molecule has 2 aromatic heterocycles. The number of alkyl halides is 3. The van der Waals surface area contributed by atoms with Gasteiger partial charge in [0, 0.05) is 43.4 Å². The van der Waals surface area contributed by atoms with Gasteiger partial charge in [-0.3, -0.25) is 0 Å². The lowest BCUT2D eigenvalue weighted by Gasteiger charge is -2.32. The number of carbonyl (C=O) groups is 1. The number of nitrogens with zero attached hydrogens (tertiary/aromatic N) is 4. The molecule has 0 aliphatic carbocycles. The lowest BCUT2D eigenvalue weighted by atomic mass is 9.99. The van der Waals surface area contributed by atoms with E-state index in [0.29, 0.717) is 48.7 Å². The average molecular weight is 529 g/mol. The van der Waals surface area contributed by atoms with E-state index in [9.17, 15) is 22.8 Å². The number of benzene rings is 1. The van der Waals surface area contributed by atoms with Crippen molar-refractivity contribution in [1.82, 2.24) is 14.3 Å². The SMILES string of the molecule is COC(=O)N1CCO[C@@H](Cc2c(-c3ccc(N4CCCC4=C=O)cc3C(F)(F)F)nc3cc(C)ccn23)C1. The number of fused-ring (bicyclic) bond motifs is 1. The molecule has 1 amide bonds. The Labute approximate surface area is 217 Å². The van der Waals surface area contributed by atoms with Crippen molar-refractivity contribution in [3.63, 3.8) is 0 Å². The zero-order chi connectivity index (χ0) is 27.0. The van der Waals surface area contributed by atoms with Crippen LogP contribution in [0.2, 0.25) is 0 Å². The lowest BCUT2D eigenvalue weighted by molar-refractivity contribution is -0.137. The number of allylic oxidation sites excluding steroid dienone is 1. The summed E-state index contributed by atoms with van der Waals surface area (Å²) in [4.78, 5) is 31.1. The van der Waals surface area contributed by atoms with Gasteiger partial charge in [0.1, 0.15) is 17.3 Å². The van der Waals surface area contributed by atoms with Gasteiger partial charge in [-0.15, -0.1) is 0 Å². The van der Waals surface area contributed by atoms with Gasteiger partial charge in [-0.1, -0.05) is 6.07 Å². The van der Waals surface area contributed by atoms with Gasteiger partial charge in [0.15, 0.2) is 0 Å². The van der Waals surface area contributed by atoms with Crippen LogP contribution in [0.1, 0.15) is 29.7 Å². The summed E-state index contributed by atoms with van der Waals surface area (Å²) in [6.07, 6.45) is -2.43. The van der Waals surface area contributed by atoms with Gasteiger partial charge in [0.05, 0.1) is 43.3 Å². The van der Waals surface area contributed by atoms with E-state index in [0.717, 1.165) is 11.6 Å². The van der Waals surface area contributed by atoms with Gasteiger partial charge >= 0.3 is 12.3 Å². The van der Waals surface area contributed by atoms with E-state index in [1.54, 1.807) is 21.6 Å². The fourth-order valence-corrected chi connectivity index (χ4v) is 5.17. The minimum absolute atomic E-state index is 0.0610. The molecule has 2 aliphatic rings. The molecule has 200 valence electrons. The van der Waals surface area contributed by atoms with Crippen LogP contribution in [0.4, 0.5) is 23.7 Å². The predicted octanol–water partition coefficient (Wildman–Crippen LogP) is 4.65. The fraction of sp³-hybridized carbons (Fsp3) is 0.407. The van der Waals surface area contributed by atoms with Crippen LogP contribution in [0.5, 0.6) is 0 Å². The van der Waals surface area contributed by atoms with Gasteiger partial charge in [-0.2, -0.15) is 13.2 Å². The first-order chi connectivity index (χ1) is 18.2. The van der Waals surface area contributed by atoms with E-state index in [1.807, 2.05) is 25.0 Å². The quantitative estimate of drug-likeness (QED) is 0.459. The minimum Gasteiger partial charge on any atom is -0.453 e. The molecule has 2 aliphatic heterocycles. The summed E-state index contributed by atoms with van der Waals surface area (Å²) in [6, 6.07) is 7.75. The third-order valence-electron chi connectivity index (χ3n) is 6.99. The summed E-state index contributed by atoms with van der Waals surface area (Å²) in [5.41, 5.74) is 1.91. The summed E-state index contributed by atoms with van der Waals surface area (Å²) in [5.74, 6) is 1.86. The zero-order valence-electron chi connectivity index (χ0n) is 21.0. The highest BCUT2D eigenvalue weighted by atomic mass is 19.4. The average Bonchev–Trinajstić information content (AvgIpc) is 3.52. The first-order valence-electron chi connectivity index (χ1n) is 12.3. The van der Waals surface area contributed by atoms with E-state index < -0.39 is 23.9 Å². The van der Waals surface area contributed by atoms with Crippen molar-refractivity contribution in [2.24, 2.45) is 0 Å². The number of imidazole rings is 1. The molecule has 0 unspecified atom stereocenters. The highest BCUT2D eigenvalue weighted by Gasteiger charge is 2.37. The number of rotatable bonds is 4. The number of morpholine rings is 1. The monoisotopic (exact) mass is 528 g/mol. The normalized spacial score (nSPS) is 18.2. The largest absolute Gasteiger partial charge is 0.453 e. The third-order valence-corrected chi connectivity index (χ3v) is 6.99. The van der Waals surface area contributed by atoms with Crippen LogP contribution < -0.4 is 4.90 Å². The standard InChI is InChI=1S/C27H27F3N4O4/c1-17-7-9-34-23(14-20-15-32(10-11-38-20)26(36)37-2)25(31-24(34)12-17)21-6-5-18(13-22(21)27(28,29)30)33-8-3-4-19(33)16-35/h5-7,9,12-13,20H,3-4,8,10-11,14-15H2,1-2H3/t20-/m0/s1. The van der Waals surface area contributed by atoms with Gasteiger partial charge < -0.3 is 23.7 Å². The van der Waals surface area contributed by atoms with Crippen LogP contribution in [-0.4, -0.2) is 65.8 Å². The van der Waals surface area contributed by atoms with E-state index >= 15 is 0 Å². The second-order valence-electron chi connectivity index (χ2n) is 9.48. The Bertz CT molecular complexity index is 1430. The Kier molecular flexibility index (Phi) is 6.90. The molecular weight excluding hydrogens is 501 g/mol. The highest BCUT2D eigenvalue weighted by molar-refractivity contribution is 5.75. The number of ether oxygens (including phenoxy) is 2. The van der Waals surface area contributed by atoms with E-state index in [1.165, 1.54) is 18.1 Å². The van der Waals surface area contributed by atoms with Gasteiger partial charge in [0.2, 0.25) is 0 Å². The number of halogens is 3.